The van der Waals surface area contributed by atoms with Crippen molar-refractivity contribution < 1.29 is 4.74 Å². The van der Waals surface area contributed by atoms with E-state index in [1.54, 1.807) is 25.3 Å². The van der Waals surface area contributed by atoms with Crippen molar-refractivity contribution in [3.05, 3.63) is 58.3 Å². The Labute approximate surface area is 161 Å². The van der Waals surface area contributed by atoms with Crippen molar-refractivity contribution in [2.24, 2.45) is 0 Å². The molecule has 0 fully saturated rings. The smallest absolute Gasteiger partial charge is 0.159 e. The number of nitrogens with two attached hydrogens (primary N) is 1. The van der Waals surface area contributed by atoms with E-state index in [9.17, 15) is 0 Å². The van der Waals surface area contributed by atoms with Crippen molar-refractivity contribution >= 4 is 51.9 Å². The van der Waals surface area contributed by atoms with E-state index >= 15 is 0 Å². The third-order valence-electron chi connectivity index (χ3n) is 3.73. The number of nitrogens with zero attached hydrogens (tertiary/aromatic N) is 2. The first-order valence-corrected chi connectivity index (χ1v) is 8.47. The number of benzene rings is 2. The lowest BCUT2D eigenvalue weighted by Gasteiger charge is -2.15. The average molecular weight is 390 g/mol. The lowest BCUT2D eigenvalue weighted by atomic mass is 10.2. The zero-order valence-corrected chi connectivity index (χ0v) is 15.7. The number of hydrogen-bond acceptors (Lipinski definition) is 6. The van der Waals surface area contributed by atoms with Gasteiger partial charge in [0.15, 0.2) is 11.6 Å². The molecule has 26 heavy (non-hydrogen) atoms. The van der Waals surface area contributed by atoms with Crippen molar-refractivity contribution in [2.45, 2.75) is 6.92 Å². The molecule has 4 N–H and O–H groups in total. The van der Waals surface area contributed by atoms with Gasteiger partial charge in [0.05, 0.1) is 12.8 Å². The van der Waals surface area contributed by atoms with Crippen LogP contribution >= 0.6 is 23.2 Å². The van der Waals surface area contributed by atoms with Gasteiger partial charge in [0.1, 0.15) is 17.8 Å². The zero-order valence-electron chi connectivity index (χ0n) is 14.2. The number of methoxy groups -OCH3 is 1. The molecule has 0 atom stereocenters. The van der Waals surface area contributed by atoms with Gasteiger partial charge in [-0.1, -0.05) is 29.3 Å². The van der Waals surface area contributed by atoms with E-state index in [1.807, 2.05) is 25.1 Å². The molecule has 0 bridgehead atoms. The van der Waals surface area contributed by atoms with Crippen LogP contribution < -0.4 is 21.1 Å². The number of anilines is 5. The van der Waals surface area contributed by atoms with E-state index in [4.69, 9.17) is 33.7 Å². The Morgan fingerprint density at radius 3 is 2.42 bits per heavy atom. The number of aromatic nitrogens is 2. The van der Waals surface area contributed by atoms with Crippen LogP contribution in [-0.4, -0.2) is 17.1 Å². The zero-order chi connectivity index (χ0) is 18.7. The Kier molecular flexibility index (Phi) is 5.35. The van der Waals surface area contributed by atoms with Crippen LogP contribution in [0.15, 0.2) is 42.7 Å². The van der Waals surface area contributed by atoms with E-state index in [1.165, 1.54) is 6.33 Å². The van der Waals surface area contributed by atoms with E-state index in [0.29, 0.717) is 38.8 Å². The van der Waals surface area contributed by atoms with Gasteiger partial charge in [0.25, 0.3) is 0 Å². The summed E-state index contributed by atoms with van der Waals surface area (Å²) < 4.78 is 5.33. The quantitative estimate of drug-likeness (QED) is 0.557. The lowest BCUT2D eigenvalue weighted by molar-refractivity contribution is 0.417. The highest BCUT2D eigenvalue weighted by atomic mass is 35.5. The van der Waals surface area contributed by atoms with E-state index < -0.39 is 0 Å². The van der Waals surface area contributed by atoms with Crippen LogP contribution in [0.3, 0.4) is 0 Å². The summed E-state index contributed by atoms with van der Waals surface area (Å²) in [7, 11) is 1.58. The highest BCUT2D eigenvalue weighted by Gasteiger charge is 2.12. The molecule has 0 aliphatic rings. The van der Waals surface area contributed by atoms with Crippen molar-refractivity contribution in [1.82, 2.24) is 9.97 Å². The summed E-state index contributed by atoms with van der Waals surface area (Å²) in [6.07, 6.45) is 1.41. The molecule has 0 saturated heterocycles. The second kappa shape index (κ2) is 7.68. The van der Waals surface area contributed by atoms with Gasteiger partial charge in [-0.2, -0.15) is 0 Å². The minimum atomic E-state index is 0.353. The molecule has 2 aromatic carbocycles. The third-order valence-corrected chi connectivity index (χ3v) is 4.38. The lowest BCUT2D eigenvalue weighted by Crippen LogP contribution is -2.06. The largest absolute Gasteiger partial charge is 0.495 e. The van der Waals surface area contributed by atoms with Crippen LogP contribution in [0.25, 0.3) is 0 Å². The molecule has 8 heteroatoms. The predicted molar refractivity (Wildman–Crippen MR) is 107 cm³/mol. The van der Waals surface area contributed by atoms with Gasteiger partial charge >= 0.3 is 0 Å². The molecule has 0 radical (unpaired) electrons. The van der Waals surface area contributed by atoms with Gasteiger partial charge in [0, 0.05) is 15.7 Å². The fourth-order valence-electron chi connectivity index (χ4n) is 2.31. The molecule has 0 amide bonds. The summed E-state index contributed by atoms with van der Waals surface area (Å²) >= 11 is 12.2. The Balaban J connectivity index is 1.90. The maximum Gasteiger partial charge on any atom is 0.159 e. The fraction of sp³-hybridized carbons (Fsp3) is 0.111. The minimum Gasteiger partial charge on any atom is -0.495 e. The summed E-state index contributed by atoms with van der Waals surface area (Å²) in [6.45, 7) is 1.94. The molecule has 1 aromatic heterocycles. The molecule has 3 rings (SSSR count). The number of ether oxygens (including phenoxy) is 1. The summed E-state index contributed by atoms with van der Waals surface area (Å²) in [6, 6.07) is 10.9. The topological polar surface area (TPSA) is 85.1 Å². The van der Waals surface area contributed by atoms with E-state index in [2.05, 4.69) is 20.6 Å². The van der Waals surface area contributed by atoms with Gasteiger partial charge in [-0.15, -0.1) is 0 Å². The number of nitrogen functional groups attached to an aromatic ring is 1. The SMILES string of the molecule is COc1ccc(Cl)cc1Nc1ncnc(Nc2ccc(C)c(Cl)c2)c1N. The monoisotopic (exact) mass is 389 g/mol. The predicted octanol–water partition coefficient (Wildman–Crippen LogP) is 5.17. The summed E-state index contributed by atoms with van der Waals surface area (Å²) in [5.41, 5.74) is 8.99. The maximum atomic E-state index is 6.22. The second-order valence-electron chi connectivity index (χ2n) is 5.54. The second-order valence-corrected chi connectivity index (χ2v) is 6.39. The van der Waals surface area contributed by atoms with Gasteiger partial charge in [-0.25, -0.2) is 9.97 Å². The molecule has 0 aliphatic heterocycles. The molecule has 1 heterocycles. The van der Waals surface area contributed by atoms with Crippen molar-refractivity contribution in [2.75, 3.05) is 23.5 Å². The molecule has 0 saturated carbocycles. The highest BCUT2D eigenvalue weighted by molar-refractivity contribution is 6.31. The molecule has 0 spiro atoms. The minimum absolute atomic E-state index is 0.353. The van der Waals surface area contributed by atoms with Crippen LogP contribution in [0.5, 0.6) is 5.75 Å². The van der Waals surface area contributed by atoms with Crippen LogP contribution in [0.4, 0.5) is 28.7 Å². The number of aryl methyl sites for hydroxylation is 1. The van der Waals surface area contributed by atoms with Gasteiger partial charge in [-0.3, -0.25) is 0 Å². The van der Waals surface area contributed by atoms with Crippen LogP contribution in [0.2, 0.25) is 10.0 Å². The molecule has 0 unspecified atom stereocenters. The van der Waals surface area contributed by atoms with E-state index in [0.717, 1.165) is 11.3 Å². The van der Waals surface area contributed by atoms with Crippen molar-refractivity contribution in [3.8, 4) is 5.75 Å². The summed E-state index contributed by atoms with van der Waals surface area (Å²) in [5.74, 6) is 1.51. The number of halogens is 2. The van der Waals surface area contributed by atoms with E-state index in [-0.39, 0.29) is 0 Å². The number of rotatable bonds is 5. The normalized spacial score (nSPS) is 10.5. The Hall–Kier alpha value is -2.70. The summed E-state index contributed by atoms with van der Waals surface area (Å²) in [5, 5.41) is 7.50. The Morgan fingerprint density at radius 1 is 1.00 bits per heavy atom. The molecule has 6 nitrogen and oxygen atoms in total. The number of hydrogen-bond donors (Lipinski definition) is 3. The maximum absolute atomic E-state index is 6.22. The van der Waals surface area contributed by atoms with Crippen LogP contribution in [0.1, 0.15) is 5.56 Å². The van der Waals surface area contributed by atoms with Gasteiger partial charge in [0.2, 0.25) is 0 Å². The Morgan fingerprint density at radius 2 is 1.73 bits per heavy atom. The highest BCUT2D eigenvalue weighted by Crippen LogP contribution is 2.34. The number of nitrogens with one attached hydrogen (secondary N) is 2. The van der Waals surface area contributed by atoms with Crippen molar-refractivity contribution in [1.29, 1.82) is 0 Å². The summed E-state index contributed by atoms with van der Waals surface area (Å²) in [4.78, 5) is 8.40. The van der Waals surface area contributed by atoms with Gasteiger partial charge < -0.3 is 21.1 Å². The van der Waals surface area contributed by atoms with Gasteiger partial charge in [-0.05, 0) is 42.8 Å². The first-order chi connectivity index (χ1) is 12.5. The molecular formula is C18H17Cl2N5O. The fourth-order valence-corrected chi connectivity index (χ4v) is 2.66. The molecule has 0 aliphatic carbocycles. The molecule has 3 aromatic rings. The standard InChI is InChI=1S/C18H17Cl2N5O/c1-10-3-5-12(8-13(10)20)24-17-16(21)18(23-9-22-17)25-14-7-11(19)4-6-15(14)26-2/h3-9H,21H2,1-2H3,(H2,22,23,24,25). The van der Waals surface area contributed by atoms with Crippen LogP contribution in [-0.2, 0) is 0 Å². The molecular weight excluding hydrogens is 373 g/mol. The third kappa shape index (κ3) is 3.92. The first kappa shape index (κ1) is 18.1. The molecule has 134 valence electrons. The van der Waals surface area contributed by atoms with Crippen molar-refractivity contribution in [3.63, 3.8) is 0 Å². The Bertz CT molecular complexity index is 949. The first-order valence-electron chi connectivity index (χ1n) is 7.72. The average Bonchev–Trinajstić information content (AvgIpc) is 2.62. The van der Waals surface area contributed by atoms with Crippen LogP contribution in [0, 0.1) is 6.92 Å².